The van der Waals surface area contributed by atoms with E-state index in [2.05, 4.69) is 11.1 Å². The molecule has 30 heavy (non-hydrogen) atoms. The highest BCUT2D eigenvalue weighted by Gasteiger charge is 2.42. The van der Waals surface area contributed by atoms with Crippen LogP contribution in [0.5, 0.6) is 11.5 Å². The summed E-state index contributed by atoms with van der Waals surface area (Å²) in [6.45, 7) is 8.47. The van der Waals surface area contributed by atoms with Crippen LogP contribution >= 0.6 is 11.8 Å². The maximum atomic E-state index is 12.9. The number of nitrogens with zero attached hydrogens (tertiary/aromatic N) is 3. The molecule has 158 valence electrons. The summed E-state index contributed by atoms with van der Waals surface area (Å²) in [5, 5.41) is 9.99. The second-order valence-electron chi connectivity index (χ2n) is 6.39. The Labute approximate surface area is 180 Å². The minimum absolute atomic E-state index is 0.232. The van der Waals surface area contributed by atoms with Gasteiger partial charge in [0, 0.05) is 0 Å². The van der Waals surface area contributed by atoms with Crippen molar-refractivity contribution in [1.82, 2.24) is 4.90 Å². The average Bonchev–Trinajstić information content (AvgIpc) is 3.04. The molecular weight excluding hydrogens is 404 g/mol. The molecule has 2 N–H and O–H groups in total. The van der Waals surface area contributed by atoms with Gasteiger partial charge in [-0.25, -0.2) is 9.79 Å². The molecule has 0 unspecified atom stereocenters. The molecule has 3 rings (SSSR count). The van der Waals surface area contributed by atoms with Gasteiger partial charge in [-0.2, -0.15) is 5.26 Å². The summed E-state index contributed by atoms with van der Waals surface area (Å²) in [6, 6.07) is 6.99. The molecular formula is C21H24N4O4S. The number of aliphatic imine (C=N–C) groups is 1. The van der Waals surface area contributed by atoms with E-state index in [0.29, 0.717) is 46.1 Å². The molecule has 0 bridgehead atoms. The smallest absolute Gasteiger partial charge is 0.338 e. The van der Waals surface area contributed by atoms with Gasteiger partial charge in [-0.15, -0.1) is 0 Å². The molecule has 0 aliphatic carbocycles. The first-order valence-corrected chi connectivity index (χ1v) is 10.5. The third-order valence-corrected chi connectivity index (χ3v) is 5.53. The van der Waals surface area contributed by atoms with Crippen LogP contribution in [-0.2, 0) is 9.53 Å². The molecule has 8 nitrogen and oxygen atoms in total. The van der Waals surface area contributed by atoms with Crippen LogP contribution in [0.4, 0.5) is 0 Å². The largest absolute Gasteiger partial charge is 0.490 e. The highest BCUT2D eigenvalue weighted by atomic mass is 32.2. The van der Waals surface area contributed by atoms with Crippen LogP contribution < -0.4 is 15.2 Å². The lowest BCUT2D eigenvalue weighted by Crippen LogP contribution is -2.38. The quantitative estimate of drug-likeness (QED) is 0.658. The van der Waals surface area contributed by atoms with Gasteiger partial charge in [0.2, 0.25) is 0 Å². The van der Waals surface area contributed by atoms with Crippen LogP contribution in [0.15, 0.2) is 45.2 Å². The summed E-state index contributed by atoms with van der Waals surface area (Å²) in [5.74, 6) is 0.963. The standard InChI is InChI=1S/C21H24N4O4S/c1-5-27-14-9-8-13(10-15(14)28-6-2)18-17(20(26)29-7-3)12(4)24-21-25(18)19(23)16(11-22)30-21/h8-10,18H,5-7,23H2,1-4H3/t18-/m1/s1. The Balaban J connectivity index is 2.18. The normalized spacial score (nSPS) is 18.0. The minimum atomic E-state index is -0.607. The third kappa shape index (κ3) is 3.83. The fourth-order valence-electron chi connectivity index (χ4n) is 3.36. The van der Waals surface area contributed by atoms with E-state index in [0.717, 1.165) is 5.56 Å². The van der Waals surface area contributed by atoms with Gasteiger partial charge in [0.05, 0.1) is 37.1 Å². The minimum Gasteiger partial charge on any atom is -0.490 e. The van der Waals surface area contributed by atoms with Gasteiger partial charge in [0.1, 0.15) is 16.8 Å². The lowest BCUT2D eigenvalue weighted by Gasteiger charge is -2.35. The molecule has 2 aliphatic heterocycles. The molecule has 1 aromatic carbocycles. The van der Waals surface area contributed by atoms with E-state index < -0.39 is 12.0 Å². The number of carbonyl (C=O) groups is 1. The number of ether oxygens (including phenoxy) is 3. The molecule has 0 saturated heterocycles. The number of rotatable bonds is 7. The maximum Gasteiger partial charge on any atom is 0.338 e. The first-order valence-electron chi connectivity index (χ1n) is 9.69. The van der Waals surface area contributed by atoms with Gasteiger partial charge in [-0.05, 0) is 57.2 Å². The average molecular weight is 429 g/mol. The van der Waals surface area contributed by atoms with Gasteiger partial charge in [0.25, 0.3) is 0 Å². The summed E-state index contributed by atoms with van der Waals surface area (Å²) < 4.78 is 16.7. The summed E-state index contributed by atoms with van der Waals surface area (Å²) in [7, 11) is 0. The van der Waals surface area contributed by atoms with E-state index in [1.54, 1.807) is 18.7 Å². The van der Waals surface area contributed by atoms with E-state index in [4.69, 9.17) is 19.9 Å². The first-order chi connectivity index (χ1) is 14.5. The summed E-state index contributed by atoms with van der Waals surface area (Å²) >= 11 is 1.18. The number of hydrogen-bond acceptors (Lipinski definition) is 9. The van der Waals surface area contributed by atoms with Crippen molar-refractivity contribution in [3.05, 3.63) is 45.8 Å². The molecule has 1 atom stereocenters. The Morgan fingerprint density at radius 3 is 2.57 bits per heavy atom. The lowest BCUT2D eigenvalue weighted by atomic mass is 9.94. The van der Waals surface area contributed by atoms with Crippen LogP contribution in [0.25, 0.3) is 0 Å². The van der Waals surface area contributed by atoms with Crippen LogP contribution in [0, 0.1) is 11.3 Å². The van der Waals surface area contributed by atoms with Crippen molar-refractivity contribution in [3.8, 4) is 17.6 Å². The number of nitriles is 1. The van der Waals surface area contributed by atoms with E-state index >= 15 is 0 Å². The van der Waals surface area contributed by atoms with Crippen LogP contribution in [-0.4, -0.2) is 35.9 Å². The topological polar surface area (TPSA) is 110 Å². The molecule has 1 aromatic rings. The lowest BCUT2D eigenvalue weighted by molar-refractivity contribution is -0.139. The van der Waals surface area contributed by atoms with Crippen LogP contribution in [0.1, 0.15) is 39.3 Å². The molecule has 0 spiro atoms. The molecule has 2 aliphatic rings. The van der Waals surface area contributed by atoms with Crippen molar-refractivity contribution in [3.63, 3.8) is 0 Å². The Hall–Kier alpha value is -3.12. The van der Waals surface area contributed by atoms with Gasteiger partial charge >= 0.3 is 5.97 Å². The number of amidine groups is 1. The zero-order valence-corrected chi connectivity index (χ0v) is 18.2. The number of thioether (sulfide) groups is 1. The second kappa shape index (κ2) is 9.13. The maximum absolute atomic E-state index is 12.9. The predicted molar refractivity (Wildman–Crippen MR) is 115 cm³/mol. The summed E-state index contributed by atoms with van der Waals surface area (Å²) in [4.78, 5) is 19.4. The SMILES string of the molecule is CCOC(=O)C1=C(C)N=C2SC(C#N)=C(N)N2[C@@H]1c1ccc(OCC)c(OCC)c1. The van der Waals surface area contributed by atoms with Crippen molar-refractivity contribution >= 4 is 22.9 Å². The molecule has 0 fully saturated rings. The molecule has 9 heteroatoms. The van der Waals surface area contributed by atoms with Gasteiger partial charge in [-0.3, -0.25) is 4.90 Å². The molecule has 0 amide bonds. The van der Waals surface area contributed by atoms with Crippen molar-refractivity contribution in [2.75, 3.05) is 19.8 Å². The first kappa shape index (κ1) is 21.6. The van der Waals surface area contributed by atoms with Crippen molar-refractivity contribution in [2.45, 2.75) is 33.7 Å². The number of benzene rings is 1. The highest BCUT2D eigenvalue weighted by molar-refractivity contribution is 8.17. The third-order valence-electron chi connectivity index (χ3n) is 4.56. The Morgan fingerprint density at radius 1 is 1.23 bits per heavy atom. The Kier molecular flexibility index (Phi) is 6.57. The van der Waals surface area contributed by atoms with Crippen LogP contribution in [0.3, 0.4) is 0 Å². The molecule has 0 saturated carbocycles. The summed E-state index contributed by atoms with van der Waals surface area (Å²) in [6.07, 6.45) is 0. The van der Waals surface area contributed by atoms with Crippen molar-refractivity contribution in [2.24, 2.45) is 10.7 Å². The molecule has 0 radical (unpaired) electrons. The Morgan fingerprint density at radius 2 is 1.93 bits per heavy atom. The number of allylic oxidation sites excluding steroid dienone is 2. The Bertz CT molecular complexity index is 993. The van der Waals surface area contributed by atoms with E-state index in [-0.39, 0.29) is 12.4 Å². The monoisotopic (exact) mass is 428 g/mol. The van der Waals surface area contributed by atoms with E-state index in [1.165, 1.54) is 11.8 Å². The fraction of sp³-hybridized carbons (Fsp3) is 0.381. The summed E-state index contributed by atoms with van der Waals surface area (Å²) in [5.41, 5.74) is 7.92. The zero-order chi connectivity index (χ0) is 21.8. The number of carbonyl (C=O) groups excluding carboxylic acids is 1. The number of fused-ring (bicyclic) bond motifs is 1. The van der Waals surface area contributed by atoms with E-state index in [9.17, 15) is 10.1 Å². The van der Waals surface area contributed by atoms with Gasteiger partial charge in [-0.1, -0.05) is 6.07 Å². The highest BCUT2D eigenvalue weighted by Crippen LogP contribution is 2.46. The van der Waals surface area contributed by atoms with Crippen molar-refractivity contribution in [1.29, 1.82) is 5.26 Å². The van der Waals surface area contributed by atoms with E-state index in [1.807, 2.05) is 32.0 Å². The van der Waals surface area contributed by atoms with Gasteiger partial charge < -0.3 is 19.9 Å². The second-order valence-corrected chi connectivity index (χ2v) is 7.36. The fourth-order valence-corrected chi connectivity index (χ4v) is 4.28. The van der Waals surface area contributed by atoms with Gasteiger partial charge in [0.15, 0.2) is 16.7 Å². The zero-order valence-electron chi connectivity index (χ0n) is 17.4. The molecule has 0 aromatic heterocycles. The number of nitrogens with two attached hydrogens (primary N) is 1. The molecule has 2 heterocycles. The van der Waals surface area contributed by atoms with Crippen LogP contribution in [0.2, 0.25) is 0 Å². The van der Waals surface area contributed by atoms with Crippen molar-refractivity contribution < 1.29 is 19.0 Å². The number of esters is 1. The predicted octanol–water partition coefficient (Wildman–Crippen LogP) is 3.43. The number of hydrogen-bond donors (Lipinski definition) is 1.